The lowest BCUT2D eigenvalue weighted by molar-refractivity contribution is 0.0531. The fraction of sp³-hybridized carbons (Fsp3) is 0.647. The Hall–Kier alpha value is -0.530. The van der Waals surface area contributed by atoms with Crippen molar-refractivity contribution in [2.24, 2.45) is 0 Å². The van der Waals surface area contributed by atoms with E-state index in [2.05, 4.69) is 41.5 Å². The van der Waals surface area contributed by atoms with Crippen molar-refractivity contribution in [3.8, 4) is 0 Å². The molecule has 0 saturated carbocycles. The van der Waals surface area contributed by atoms with Crippen molar-refractivity contribution < 1.29 is 4.74 Å². The van der Waals surface area contributed by atoms with E-state index < -0.39 is 0 Å². The van der Waals surface area contributed by atoms with Gasteiger partial charge in [-0.2, -0.15) is 0 Å². The van der Waals surface area contributed by atoms with Gasteiger partial charge in [0.2, 0.25) is 0 Å². The number of benzene rings is 1. The standard InChI is InChI=1S/C17H25ClO/c1-9-7-8-15(19-9)17(18)16-13(5)11(3)10(2)12(4)14(16)6/h9,15,17H,7-8H2,1-6H3. The molecule has 2 heteroatoms. The number of ether oxygens (including phenoxy) is 1. The smallest absolute Gasteiger partial charge is 0.0852 e. The minimum atomic E-state index is -0.0250. The van der Waals surface area contributed by atoms with Gasteiger partial charge in [-0.3, -0.25) is 0 Å². The summed E-state index contributed by atoms with van der Waals surface area (Å²) in [6.45, 7) is 13.1. The second kappa shape index (κ2) is 5.46. The molecule has 3 unspecified atom stereocenters. The summed E-state index contributed by atoms with van der Waals surface area (Å²) >= 11 is 6.76. The molecular formula is C17H25ClO. The number of hydrogen-bond donors (Lipinski definition) is 0. The van der Waals surface area contributed by atoms with Gasteiger partial charge >= 0.3 is 0 Å². The monoisotopic (exact) mass is 280 g/mol. The maximum absolute atomic E-state index is 6.76. The molecular weight excluding hydrogens is 256 g/mol. The van der Waals surface area contributed by atoms with Crippen molar-refractivity contribution >= 4 is 11.6 Å². The van der Waals surface area contributed by atoms with Crippen LogP contribution in [0.5, 0.6) is 0 Å². The van der Waals surface area contributed by atoms with Gasteiger partial charge in [-0.05, 0) is 87.8 Å². The first kappa shape index (κ1) is 14.9. The summed E-state index contributed by atoms with van der Waals surface area (Å²) < 4.78 is 5.97. The third-order valence-corrected chi connectivity index (χ3v) is 5.42. The summed E-state index contributed by atoms with van der Waals surface area (Å²) in [5.74, 6) is 0. The van der Waals surface area contributed by atoms with E-state index in [9.17, 15) is 0 Å². The second-order valence-electron chi connectivity index (χ2n) is 6.00. The van der Waals surface area contributed by atoms with Crippen LogP contribution in [0.15, 0.2) is 0 Å². The van der Waals surface area contributed by atoms with Crippen LogP contribution in [0.4, 0.5) is 0 Å². The summed E-state index contributed by atoms with van der Waals surface area (Å²) in [5, 5.41) is -0.0250. The van der Waals surface area contributed by atoms with Crippen molar-refractivity contribution in [2.45, 2.75) is 72.0 Å². The molecule has 0 N–H and O–H groups in total. The fourth-order valence-electron chi connectivity index (χ4n) is 3.18. The van der Waals surface area contributed by atoms with E-state index >= 15 is 0 Å². The van der Waals surface area contributed by atoms with E-state index in [0.717, 1.165) is 12.8 Å². The van der Waals surface area contributed by atoms with Crippen LogP contribution < -0.4 is 0 Å². The highest BCUT2D eigenvalue weighted by Crippen LogP contribution is 2.40. The topological polar surface area (TPSA) is 9.23 Å². The number of rotatable bonds is 2. The summed E-state index contributed by atoms with van der Waals surface area (Å²) in [7, 11) is 0. The lowest BCUT2D eigenvalue weighted by Gasteiger charge is -2.25. The van der Waals surface area contributed by atoms with E-state index in [1.165, 1.54) is 33.4 Å². The van der Waals surface area contributed by atoms with Crippen molar-refractivity contribution in [3.63, 3.8) is 0 Å². The maximum atomic E-state index is 6.76. The van der Waals surface area contributed by atoms with E-state index in [-0.39, 0.29) is 11.5 Å². The predicted octanol–water partition coefficient (Wildman–Crippen LogP) is 5.08. The van der Waals surface area contributed by atoms with E-state index in [1.807, 2.05) is 0 Å². The van der Waals surface area contributed by atoms with Gasteiger partial charge in [0.15, 0.2) is 0 Å². The quantitative estimate of drug-likeness (QED) is 0.687. The van der Waals surface area contributed by atoms with E-state index in [1.54, 1.807) is 0 Å². The van der Waals surface area contributed by atoms with Crippen LogP contribution in [0, 0.1) is 34.6 Å². The third-order valence-electron chi connectivity index (χ3n) is 4.93. The molecule has 0 bridgehead atoms. The van der Waals surface area contributed by atoms with Crippen molar-refractivity contribution in [2.75, 3.05) is 0 Å². The molecule has 0 aromatic heterocycles. The zero-order valence-corrected chi connectivity index (χ0v) is 13.7. The molecule has 0 amide bonds. The normalized spacial score (nSPS) is 24.8. The molecule has 0 radical (unpaired) electrons. The first-order valence-corrected chi connectivity index (χ1v) is 7.64. The minimum absolute atomic E-state index is 0.0250. The van der Waals surface area contributed by atoms with Crippen molar-refractivity contribution in [1.29, 1.82) is 0 Å². The van der Waals surface area contributed by atoms with Crippen LogP contribution >= 0.6 is 11.6 Å². The Morgan fingerprint density at radius 2 is 1.37 bits per heavy atom. The Kier molecular flexibility index (Phi) is 4.27. The van der Waals surface area contributed by atoms with Crippen LogP contribution in [0.25, 0.3) is 0 Å². The maximum Gasteiger partial charge on any atom is 0.0852 e. The summed E-state index contributed by atoms with van der Waals surface area (Å²) in [5.41, 5.74) is 8.10. The van der Waals surface area contributed by atoms with Gasteiger partial charge < -0.3 is 4.74 Å². The van der Waals surface area contributed by atoms with Crippen LogP contribution in [-0.4, -0.2) is 12.2 Å². The summed E-state index contributed by atoms with van der Waals surface area (Å²) in [6.07, 6.45) is 2.70. The molecule has 3 atom stereocenters. The molecule has 19 heavy (non-hydrogen) atoms. The van der Waals surface area contributed by atoms with E-state index in [0.29, 0.717) is 6.10 Å². The molecule has 1 saturated heterocycles. The SMILES string of the molecule is Cc1c(C)c(C)c(C(Cl)C2CCC(C)O2)c(C)c1C. The van der Waals surface area contributed by atoms with Gasteiger partial charge in [-0.25, -0.2) is 0 Å². The first-order valence-electron chi connectivity index (χ1n) is 7.21. The number of hydrogen-bond acceptors (Lipinski definition) is 1. The largest absolute Gasteiger partial charge is 0.373 e. The van der Waals surface area contributed by atoms with Gasteiger partial charge in [0.05, 0.1) is 17.6 Å². The van der Waals surface area contributed by atoms with Gasteiger partial charge in [0.1, 0.15) is 0 Å². The lowest BCUT2D eigenvalue weighted by Crippen LogP contribution is -2.18. The second-order valence-corrected chi connectivity index (χ2v) is 6.47. The zero-order chi connectivity index (χ0) is 14.3. The highest BCUT2D eigenvalue weighted by Gasteiger charge is 2.31. The number of alkyl halides is 1. The van der Waals surface area contributed by atoms with Gasteiger partial charge in [-0.15, -0.1) is 11.6 Å². The Bertz CT molecular complexity index is 464. The average molecular weight is 281 g/mol. The molecule has 1 aliphatic rings. The molecule has 0 aliphatic carbocycles. The molecule has 1 aromatic carbocycles. The fourth-order valence-corrected chi connectivity index (χ4v) is 3.69. The average Bonchev–Trinajstić information content (AvgIpc) is 2.81. The molecule has 1 nitrogen and oxygen atoms in total. The van der Waals surface area contributed by atoms with Crippen LogP contribution in [0.2, 0.25) is 0 Å². The Labute approximate surface area is 122 Å². The highest BCUT2D eigenvalue weighted by molar-refractivity contribution is 6.21. The van der Waals surface area contributed by atoms with Crippen LogP contribution in [0.1, 0.15) is 58.5 Å². The van der Waals surface area contributed by atoms with Crippen LogP contribution in [-0.2, 0) is 4.74 Å². The molecule has 0 spiro atoms. The predicted molar refractivity (Wildman–Crippen MR) is 82.3 cm³/mol. The lowest BCUT2D eigenvalue weighted by atomic mass is 9.86. The molecule has 106 valence electrons. The molecule has 1 fully saturated rings. The molecule has 1 aromatic rings. The Morgan fingerprint density at radius 1 is 0.895 bits per heavy atom. The van der Waals surface area contributed by atoms with Gasteiger partial charge in [0.25, 0.3) is 0 Å². The minimum Gasteiger partial charge on any atom is -0.373 e. The summed E-state index contributed by atoms with van der Waals surface area (Å²) in [6, 6.07) is 0. The van der Waals surface area contributed by atoms with Crippen molar-refractivity contribution in [3.05, 3.63) is 33.4 Å². The van der Waals surface area contributed by atoms with E-state index in [4.69, 9.17) is 16.3 Å². The van der Waals surface area contributed by atoms with Crippen molar-refractivity contribution in [1.82, 2.24) is 0 Å². The number of halogens is 1. The zero-order valence-electron chi connectivity index (χ0n) is 12.9. The van der Waals surface area contributed by atoms with Crippen LogP contribution in [0.3, 0.4) is 0 Å². The Balaban J connectivity index is 2.45. The van der Waals surface area contributed by atoms with Gasteiger partial charge in [-0.1, -0.05) is 0 Å². The Morgan fingerprint density at radius 3 is 1.79 bits per heavy atom. The molecule has 2 rings (SSSR count). The summed E-state index contributed by atoms with van der Waals surface area (Å²) in [4.78, 5) is 0. The first-order chi connectivity index (χ1) is 8.84. The molecule has 1 heterocycles. The van der Waals surface area contributed by atoms with Gasteiger partial charge in [0, 0.05) is 0 Å². The molecule has 1 aliphatic heterocycles. The highest BCUT2D eigenvalue weighted by atomic mass is 35.5. The third kappa shape index (κ3) is 2.55.